The first-order valence-corrected chi connectivity index (χ1v) is 6.27. The van der Waals surface area contributed by atoms with E-state index >= 15 is 0 Å². The molecule has 1 heterocycles. The molecule has 0 saturated heterocycles. The van der Waals surface area contributed by atoms with E-state index in [1.54, 1.807) is 7.05 Å². The predicted molar refractivity (Wildman–Crippen MR) is 88.7 cm³/mol. The number of halogens is 1. The molecule has 0 bridgehead atoms. The topological polar surface area (TPSA) is 41.4 Å². The van der Waals surface area contributed by atoms with Crippen LogP contribution in [0.5, 0.6) is 0 Å². The van der Waals surface area contributed by atoms with E-state index in [9.17, 15) is 0 Å². The van der Waals surface area contributed by atoms with Gasteiger partial charge in [0.05, 0.1) is 0 Å². The minimum absolute atomic E-state index is 0. The normalized spacial score (nSPS) is 11.2. The summed E-state index contributed by atoms with van der Waals surface area (Å²) >= 11 is 0. The lowest BCUT2D eigenvalue weighted by Crippen LogP contribution is -2.39. The molecule has 0 saturated carbocycles. The van der Waals surface area contributed by atoms with Crippen LogP contribution in [0.2, 0.25) is 0 Å². The number of hydrogen-bond donors (Lipinski definition) is 2. The van der Waals surface area contributed by atoms with Crippen LogP contribution < -0.4 is 10.6 Å². The quantitative estimate of drug-likeness (QED) is 0.462. The molecule has 0 aromatic carbocycles. The van der Waals surface area contributed by atoms with Crippen molar-refractivity contribution in [2.45, 2.75) is 26.8 Å². The molecule has 0 amide bonds. The zero-order valence-corrected chi connectivity index (χ0v) is 13.8. The number of rotatable bonds is 6. The number of guanidine groups is 1. The minimum atomic E-state index is 0. The van der Waals surface area contributed by atoms with Gasteiger partial charge in [-0.05, 0) is 24.5 Å². The summed E-state index contributed by atoms with van der Waals surface area (Å²) < 4.78 is 2.15. The largest absolute Gasteiger partial charge is 0.356 e. The average Bonchev–Trinajstić information content (AvgIpc) is 2.79. The molecule has 0 unspecified atom stereocenters. The molecule has 5 heteroatoms. The molecule has 0 fully saturated rings. The molecule has 104 valence electrons. The maximum Gasteiger partial charge on any atom is 0.191 e. The summed E-state index contributed by atoms with van der Waals surface area (Å²) in [5, 5.41) is 6.61. The Kier molecular flexibility index (Phi) is 9.82. The van der Waals surface area contributed by atoms with Gasteiger partial charge in [-0.25, -0.2) is 0 Å². The van der Waals surface area contributed by atoms with Crippen LogP contribution in [-0.4, -0.2) is 30.7 Å². The van der Waals surface area contributed by atoms with E-state index < -0.39 is 0 Å². The van der Waals surface area contributed by atoms with E-state index in [0.717, 1.165) is 37.9 Å². The summed E-state index contributed by atoms with van der Waals surface area (Å²) in [4.78, 5) is 4.19. The van der Waals surface area contributed by atoms with E-state index in [4.69, 9.17) is 0 Å². The van der Waals surface area contributed by atoms with Gasteiger partial charge in [-0.3, -0.25) is 4.99 Å². The average molecular weight is 364 g/mol. The summed E-state index contributed by atoms with van der Waals surface area (Å²) in [5.74, 6) is 1.61. The molecule has 0 radical (unpaired) electrons. The molecular formula is C13H25IN4. The third-order valence-corrected chi connectivity index (χ3v) is 2.57. The smallest absolute Gasteiger partial charge is 0.191 e. The molecular weight excluding hydrogens is 339 g/mol. The van der Waals surface area contributed by atoms with Gasteiger partial charge in [0.15, 0.2) is 5.96 Å². The SMILES string of the molecule is CN=C(NCCC(C)C)NCCn1cccc1.I. The van der Waals surface area contributed by atoms with Crippen LogP contribution in [0.25, 0.3) is 0 Å². The Morgan fingerprint density at radius 1 is 1.17 bits per heavy atom. The monoisotopic (exact) mass is 364 g/mol. The van der Waals surface area contributed by atoms with E-state index in [2.05, 4.69) is 46.4 Å². The first kappa shape index (κ1) is 17.3. The Labute approximate surface area is 127 Å². The lowest BCUT2D eigenvalue weighted by atomic mass is 10.1. The Morgan fingerprint density at radius 2 is 1.78 bits per heavy atom. The second-order valence-corrected chi connectivity index (χ2v) is 4.53. The van der Waals surface area contributed by atoms with Gasteiger partial charge >= 0.3 is 0 Å². The van der Waals surface area contributed by atoms with Gasteiger partial charge in [0.25, 0.3) is 0 Å². The maximum atomic E-state index is 4.19. The first-order valence-electron chi connectivity index (χ1n) is 6.27. The summed E-state index contributed by atoms with van der Waals surface area (Å²) in [6, 6.07) is 4.07. The van der Waals surface area contributed by atoms with Crippen molar-refractivity contribution in [1.29, 1.82) is 0 Å². The molecule has 1 aromatic rings. The lowest BCUT2D eigenvalue weighted by Gasteiger charge is -2.13. The summed E-state index contributed by atoms with van der Waals surface area (Å²) in [6.45, 7) is 7.27. The van der Waals surface area contributed by atoms with Crippen LogP contribution >= 0.6 is 24.0 Å². The van der Waals surface area contributed by atoms with Crippen molar-refractivity contribution >= 4 is 29.9 Å². The van der Waals surface area contributed by atoms with Crippen LogP contribution in [0.15, 0.2) is 29.5 Å². The fourth-order valence-corrected chi connectivity index (χ4v) is 1.52. The van der Waals surface area contributed by atoms with E-state index in [0.29, 0.717) is 0 Å². The fraction of sp³-hybridized carbons (Fsp3) is 0.615. The lowest BCUT2D eigenvalue weighted by molar-refractivity contribution is 0.571. The van der Waals surface area contributed by atoms with Gasteiger partial charge in [-0.15, -0.1) is 24.0 Å². The van der Waals surface area contributed by atoms with Crippen LogP contribution in [0, 0.1) is 5.92 Å². The molecule has 4 nitrogen and oxygen atoms in total. The van der Waals surface area contributed by atoms with E-state index in [-0.39, 0.29) is 24.0 Å². The number of nitrogens with zero attached hydrogens (tertiary/aromatic N) is 2. The van der Waals surface area contributed by atoms with Gasteiger partial charge in [0, 0.05) is 39.1 Å². The third kappa shape index (κ3) is 7.58. The van der Waals surface area contributed by atoms with Crippen LogP contribution in [-0.2, 0) is 6.54 Å². The van der Waals surface area contributed by atoms with Crippen molar-refractivity contribution in [1.82, 2.24) is 15.2 Å². The molecule has 0 aliphatic rings. The van der Waals surface area contributed by atoms with Crippen molar-refractivity contribution in [3.8, 4) is 0 Å². The van der Waals surface area contributed by atoms with Gasteiger partial charge in [0.2, 0.25) is 0 Å². The van der Waals surface area contributed by atoms with Crippen LogP contribution in [0.4, 0.5) is 0 Å². The van der Waals surface area contributed by atoms with E-state index in [1.165, 1.54) is 0 Å². The fourth-order valence-electron chi connectivity index (χ4n) is 1.52. The van der Waals surface area contributed by atoms with Crippen LogP contribution in [0.1, 0.15) is 20.3 Å². The first-order chi connectivity index (χ1) is 8.22. The molecule has 1 rings (SSSR count). The van der Waals surface area contributed by atoms with E-state index in [1.807, 2.05) is 12.1 Å². The highest BCUT2D eigenvalue weighted by atomic mass is 127. The Hall–Kier alpha value is -0.720. The van der Waals surface area contributed by atoms with Gasteiger partial charge in [-0.1, -0.05) is 13.8 Å². The molecule has 0 atom stereocenters. The van der Waals surface area contributed by atoms with Crippen molar-refractivity contribution in [2.24, 2.45) is 10.9 Å². The molecule has 1 aromatic heterocycles. The third-order valence-electron chi connectivity index (χ3n) is 2.57. The van der Waals surface area contributed by atoms with Crippen molar-refractivity contribution in [3.63, 3.8) is 0 Å². The zero-order chi connectivity index (χ0) is 12.5. The van der Waals surface area contributed by atoms with Crippen molar-refractivity contribution in [3.05, 3.63) is 24.5 Å². The highest BCUT2D eigenvalue weighted by molar-refractivity contribution is 14.0. The molecule has 0 aliphatic carbocycles. The highest BCUT2D eigenvalue weighted by Crippen LogP contribution is 1.95. The second kappa shape index (κ2) is 10.2. The standard InChI is InChI=1S/C13H24N4.HI/c1-12(2)6-7-15-13(14-3)16-8-11-17-9-4-5-10-17;/h4-5,9-10,12H,6-8,11H2,1-3H3,(H2,14,15,16);1H. The molecule has 18 heavy (non-hydrogen) atoms. The number of nitrogens with one attached hydrogen (secondary N) is 2. The predicted octanol–water partition coefficient (Wildman–Crippen LogP) is 2.32. The Bertz CT molecular complexity index is 320. The second-order valence-electron chi connectivity index (χ2n) is 4.53. The Morgan fingerprint density at radius 3 is 2.33 bits per heavy atom. The number of aliphatic imine (C=N–C) groups is 1. The van der Waals surface area contributed by atoms with Crippen molar-refractivity contribution in [2.75, 3.05) is 20.1 Å². The Balaban J connectivity index is 0.00000289. The maximum absolute atomic E-state index is 4.19. The molecule has 2 N–H and O–H groups in total. The van der Waals surface area contributed by atoms with Crippen molar-refractivity contribution < 1.29 is 0 Å². The number of aromatic nitrogens is 1. The van der Waals surface area contributed by atoms with Crippen LogP contribution in [0.3, 0.4) is 0 Å². The van der Waals surface area contributed by atoms with Gasteiger partial charge in [0.1, 0.15) is 0 Å². The van der Waals surface area contributed by atoms with Gasteiger partial charge in [-0.2, -0.15) is 0 Å². The molecule has 0 spiro atoms. The summed E-state index contributed by atoms with van der Waals surface area (Å²) in [5.41, 5.74) is 0. The van der Waals surface area contributed by atoms with Gasteiger partial charge < -0.3 is 15.2 Å². The summed E-state index contributed by atoms with van der Waals surface area (Å²) in [7, 11) is 1.81. The number of hydrogen-bond acceptors (Lipinski definition) is 1. The minimum Gasteiger partial charge on any atom is -0.356 e. The molecule has 0 aliphatic heterocycles. The highest BCUT2D eigenvalue weighted by Gasteiger charge is 1.98. The zero-order valence-electron chi connectivity index (χ0n) is 11.5. The summed E-state index contributed by atoms with van der Waals surface area (Å²) in [6.07, 6.45) is 5.30.